The Balaban J connectivity index is 1.94. The van der Waals surface area contributed by atoms with Crippen molar-refractivity contribution < 1.29 is 28.9 Å². The molecule has 35 heavy (non-hydrogen) atoms. The van der Waals surface area contributed by atoms with Gasteiger partial charge in [-0.25, -0.2) is 4.79 Å². The zero-order valence-electron chi connectivity index (χ0n) is 19.3. The molecule has 4 aromatic rings. The molecular weight excluding hydrogens is 468 g/mol. The highest BCUT2D eigenvalue weighted by atomic mass is 32.1. The number of nitrogens with zero attached hydrogens (tertiary/aromatic N) is 2. The normalized spacial score (nSPS) is 11.6. The Morgan fingerprint density at radius 3 is 2.20 bits per heavy atom. The van der Waals surface area contributed by atoms with Crippen molar-refractivity contribution in [1.82, 2.24) is 8.75 Å². The molecule has 0 aliphatic rings. The maximum atomic E-state index is 13.9. The van der Waals surface area contributed by atoms with E-state index in [0.717, 1.165) is 11.7 Å². The molecule has 0 aliphatic heterocycles. The number of benzene rings is 3. The monoisotopic (exact) mass is 490 g/mol. The van der Waals surface area contributed by atoms with Crippen LogP contribution < -0.4 is 14.2 Å². The van der Waals surface area contributed by atoms with Crippen LogP contribution in [0.2, 0.25) is 0 Å². The lowest BCUT2D eigenvalue weighted by molar-refractivity contribution is -0.130. The van der Waals surface area contributed by atoms with Gasteiger partial charge in [0.15, 0.2) is 17.3 Å². The molecule has 178 valence electrons. The van der Waals surface area contributed by atoms with Gasteiger partial charge in [0.25, 0.3) is 0 Å². The molecule has 3 aromatic carbocycles. The molecule has 4 rings (SSSR count). The van der Waals surface area contributed by atoms with Gasteiger partial charge in [-0.1, -0.05) is 24.3 Å². The molecule has 0 aliphatic carbocycles. The first-order valence-electron chi connectivity index (χ1n) is 10.5. The van der Waals surface area contributed by atoms with Crippen molar-refractivity contribution in [1.29, 1.82) is 0 Å². The fourth-order valence-electron chi connectivity index (χ4n) is 3.84. The first-order chi connectivity index (χ1) is 17.0. The molecule has 0 spiro atoms. The van der Waals surface area contributed by atoms with E-state index in [4.69, 9.17) is 14.2 Å². The predicted octanol–water partition coefficient (Wildman–Crippen LogP) is 4.68. The Bertz CT molecular complexity index is 1440. The summed E-state index contributed by atoms with van der Waals surface area (Å²) in [7, 11) is 4.50. The van der Waals surface area contributed by atoms with Crippen molar-refractivity contribution in [2.24, 2.45) is 0 Å². The smallest absolute Gasteiger partial charge is 0.336 e. The molecule has 0 bridgehead atoms. The van der Waals surface area contributed by atoms with Gasteiger partial charge in [-0.15, -0.1) is 0 Å². The Hall–Kier alpha value is -4.24. The number of Topliss-reactive ketones (excluding diaryl/α,β-unsaturated/α-hetero) is 1. The SMILES string of the molecule is COc1ccccc1CC(C(=O)c1ccc(OC)c(OC)c1)=C(C(=O)O)c1ccc2nsnc2c1. The van der Waals surface area contributed by atoms with Crippen LogP contribution in [0.25, 0.3) is 16.6 Å². The number of ketones is 1. The van der Waals surface area contributed by atoms with Crippen LogP contribution in [0.3, 0.4) is 0 Å². The number of carbonyl (C=O) groups excluding carboxylic acids is 1. The number of hydrogen-bond acceptors (Lipinski definition) is 8. The van der Waals surface area contributed by atoms with Gasteiger partial charge in [0.1, 0.15) is 16.8 Å². The number of carboxylic acids is 1. The van der Waals surface area contributed by atoms with Gasteiger partial charge in [0.2, 0.25) is 0 Å². The van der Waals surface area contributed by atoms with Crippen LogP contribution in [0.1, 0.15) is 21.5 Å². The maximum absolute atomic E-state index is 13.9. The molecule has 9 heteroatoms. The van der Waals surface area contributed by atoms with E-state index in [1.165, 1.54) is 27.4 Å². The summed E-state index contributed by atoms with van der Waals surface area (Å²) in [5, 5.41) is 10.3. The quantitative estimate of drug-likeness (QED) is 0.266. The van der Waals surface area contributed by atoms with E-state index >= 15 is 0 Å². The lowest BCUT2D eigenvalue weighted by Gasteiger charge is -2.16. The van der Waals surface area contributed by atoms with E-state index in [1.807, 2.05) is 12.1 Å². The molecule has 0 saturated heterocycles. The van der Waals surface area contributed by atoms with Crippen molar-refractivity contribution >= 4 is 40.1 Å². The highest BCUT2D eigenvalue weighted by Gasteiger charge is 2.26. The van der Waals surface area contributed by atoms with E-state index in [1.54, 1.807) is 42.5 Å². The summed E-state index contributed by atoms with van der Waals surface area (Å²) in [6.07, 6.45) is 0.0339. The molecule has 0 amide bonds. The van der Waals surface area contributed by atoms with E-state index in [-0.39, 0.29) is 23.1 Å². The number of methoxy groups -OCH3 is 3. The van der Waals surface area contributed by atoms with E-state index in [2.05, 4.69) is 8.75 Å². The lowest BCUT2D eigenvalue weighted by atomic mass is 9.89. The fraction of sp³-hybridized carbons (Fsp3) is 0.154. The molecule has 1 N–H and O–H groups in total. The average molecular weight is 491 g/mol. The van der Waals surface area contributed by atoms with Gasteiger partial charge in [-0.2, -0.15) is 8.75 Å². The summed E-state index contributed by atoms with van der Waals surface area (Å²) in [6.45, 7) is 0. The number of aromatic nitrogens is 2. The van der Waals surface area contributed by atoms with E-state index in [0.29, 0.717) is 39.4 Å². The van der Waals surface area contributed by atoms with Crippen molar-refractivity contribution in [3.63, 3.8) is 0 Å². The summed E-state index contributed by atoms with van der Waals surface area (Å²) in [5.41, 5.74) is 2.48. The van der Waals surface area contributed by atoms with Gasteiger partial charge < -0.3 is 19.3 Å². The molecule has 8 nitrogen and oxygen atoms in total. The van der Waals surface area contributed by atoms with Crippen molar-refractivity contribution in [3.8, 4) is 17.2 Å². The second-order valence-electron chi connectivity index (χ2n) is 7.51. The Morgan fingerprint density at radius 1 is 0.800 bits per heavy atom. The molecule has 0 fully saturated rings. The Kier molecular flexibility index (Phi) is 7.07. The number of hydrogen-bond donors (Lipinski definition) is 1. The molecular formula is C26H22N2O6S. The molecule has 1 aromatic heterocycles. The summed E-state index contributed by atoms with van der Waals surface area (Å²) in [5.74, 6) is -0.313. The standard InChI is InChI=1S/C26H22N2O6S/c1-32-21-7-5-4-6-15(21)12-18(25(29)17-9-11-22(33-2)23(14-17)34-3)24(26(30)31)16-8-10-19-20(13-16)28-35-27-19/h4-11,13-14H,12H2,1-3H3,(H,30,31). The average Bonchev–Trinajstić information content (AvgIpc) is 3.35. The van der Waals surface area contributed by atoms with Gasteiger partial charge in [-0.05, 0) is 47.5 Å². The van der Waals surface area contributed by atoms with Crippen LogP contribution in [0.4, 0.5) is 0 Å². The minimum absolute atomic E-state index is 0.0339. The minimum atomic E-state index is -1.23. The van der Waals surface area contributed by atoms with Crippen LogP contribution in [0.15, 0.2) is 66.2 Å². The van der Waals surface area contributed by atoms with Crippen LogP contribution in [-0.4, -0.2) is 46.9 Å². The number of allylic oxidation sites excluding steroid dienone is 1. The molecule has 0 unspecified atom stereocenters. The topological polar surface area (TPSA) is 108 Å². The third kappa shape index (κ3) is 4.85. The van der Waals surface area contributed by atoms with Gasteiger partial charge >= 0.3 is 5.97 Å². The summed E-state index contributed by atoms with van der Waals surface area (Å²) in [6, 6.07) is 16.9. The van der Waals surface area contributed by atoms with Gasteiger partial charge in [-0.3, -0.25) is 4.79 Å². The van der Waals surface area contributed by atoms with Crippen molar-refractivity contribution in [3.05, 3.63) is 82.9 Å². The van der Waals surface area contributed by atoms with Crippen molar-refractivity contribution in [2.75, 3.05) is 21.3 Å². The number of para-hydroxylation sites is 1. The lowest BCUT2D eigenvalue weighted by Crippen LogP contribution is -2.14. The minimum Gasteiger partial charge on any atom is -0.496 e. The number of carboxylic acid groups (broad SMARTS) is 1. The van der Waals surface area contributed by atoms with Crippen LogP contribution in [0, 0.1) is 0 Å². The number of rotatable bonds is 9. The third-order valence-electron chi connectivity index (χ3n) is 5.54. The Labute approximate surface area is 205 Å². The second-order valence-corrected chi connectivity index (χ2v) is 8.04. The van der Waals surface area contributed by atoms with Crippen LogP contribution in [-0.2, 0) is 11.2 Å². The van der Waals surface area contributed by atoms with E-state index < -0.39 is 11.8 Å². The number of fused-ring (bicyclic) bond motifs is 1. The van der Waals surface area contributed by atoms with E-state index in [9.17, 15) is 14.7 Å². The highest BCUT2D eigenvalue weighted by Crippen LogP contribution is 2.33. The Morgan fingerprint density at radius 2 is 1.49 bits per heavy atom. The van der Waals surface area contributed by atoms with Crippen molar-refractivity contribution in [2.45, 2.75) is 6.42 Å². The predicted molar refractivity (Wildman–Crippen MR) is 133 cm³/mol. The molecule has 0 saturated carbocycles. The zero-order valence-corrected chi connectivity index (χ0v) is 20.1. The highest BCUT2D eigenvalue weighted by molar-refractivity contribution is 7.00. The van der Waals surface area contributed by atoms with Gasteiger partial charge in [0.05, 0.1) is 38.6 Å². The molecule has 0 radical (unpaired) electrons. The first-order valence-corrected chi connectivity index (χ1v) is 11.3. The number of aliphatic carboxylic acids is 1. The number of ether oxygens (including phenoxy) is 3. The van der Waals surface area contributed by atoms with Crippen LogP contribution >= 0.6 is 11.7 Å². The molecule has 0 atom stereocenters. The molecule has 1 heterocycles. The summed E-state index contributed by atoms with van der Waals surface area (Å²) >= 11 is 1.04. The third-order valence-corrected chi connectivity index (χ3v) is 6.09. The fourth-order valence-corrected chi connectivity index (χ4v) is 4.36. The van der Waals surface area contributed by atoms with Gasteiger partial charge in [0, 0.05) is 17.6 Å². The first kappa shape index (κ1) is 23.9. The second kappa shape index (κ2) is 10.4. The largest absolute Gasteiger partial charge is 0.496 e. The van der Waals surface area contributed by atoms with Crippen LogP contribution in [0.5, 0.6) is 17.2 Å². The number of carbonyl (C=O) groups is 2. The maximum Gasteiger partial charge on any atom is 0.336 e. The zero-order chi connectivity index (χ0) is 24.9. The summed E-state index contributed by atoms with van der Waals surface area (Å²) in [4.78, 5) is 26.5. The summed E-state index contributed by atoms with van der Waals surface area (Å²) < 4.78 is 24.5.